The second kappa shape index (κ2) is 11.4. The van der Waals surface area contributed by atoms with Gasteiger partial charge < -0.3 is 25.3 Å². The maximum atomic E-state index is 12.8. The average Bonchev–Trinajstić information content (AvgIpc) is 3.31. The van der Waals surface area contributed by atoms with Crippen molar-refractivity contribution < 1.29 is 41.9 Å². The topological polar surface area (TPSA) is 156 Å². The number of nitro groups is 1. The third kappa shape index (κ3) is 6.37. The number of pyridine rings is 1. The second-order valence-corrected chi connectivity index (χ2v) is 8.88. The molecule has 0 aliphatic rings. The first-order valence-corrected chi connectivity index (χ1v) is 12.2. The fraction of sp³-hybridized carbons (Fsp3) is 0.160. The Hall–Kier alpha value is -4.92. The molecule has 0 fully saturated rings. The van der Waals surface area contributed by atoms with Crippen LogP contribution >= 0.6 is 11.3 Å². The summed E-state index contributed by atoms with van der Waals surface area (Å²) >= 11 is 1.19. The van der Waals surface area contributed by atoms with E-state index in [0.717, 1.165) is 24.3 Å². The monoisotopic (exact) mass is 576 g/mol. The first-order valence-electron chi connectivity index (χ1n) is 11.4. The molecule has 0 atom stereocenters. The third-order valence-corrected chi connectivity index (χ3v) is 6.39. The van der Waals surface area contributed by atoms with Crippen LogP contribution in [-0.2, 0) is 11.3 Å². The number of amides is 1. The number of anilines is 2. The average molecular weight is 577 g/mol. The molecule has 208 valence electrons. The van der Waals surface area contributed by atoms with Crippen LogP contribution in [0.4, 0.5) is 30.4 Å². The van der Waals surface area contributed by atoms with Gasteiger partial charge in [-0.05, 0) is 30.5 Å². The van der Waals surface area contributed by atoms with Crippen LogP contribution in [0.3, 0.4) is 0 Å². The lowest BCUT2D eigenvalue weighted by molar-refractivity contribution is -0.385. The van der Waals surface area contributed by atoms with Crippen molar-refractivity contribution in [1.29, 1.82) is 0 Å². The summed E-state index contributed by atoms with van der Waals surface area (Å²) in [7, 11) is 0. The fourth-order valence-electron chi connectivity index (χ4n) is 3.64. The molecule has 4 rings (SSSR count). The van der Waals surface area contributed by atoms with Gasteiger partial charge in [-0.1, -0.05) is 6.07 Å². The number of halogens is 3. The number of alkyl halides is 3. The van der Waals surface area contributed by atoms with Gasteiger partial charge in [0.15, 0.2) is 5.75 Å². The summed E-state index contributed by atoms with van der Waals surface area (Å²) in [5.74, 6) is -2.03. The molecule has 11 nitrogen and oxygen atoms in total. The molecule has 0 radical (unpaired) electrons. The Bertz CT molecular complexity index is 1610. The van der Waals surface area contributed by atoms with Crippen molar-refractivity contribution in [3.63, 3.8) is 0 Å². The largest absolute Gasteiger partial charge is 0.573 e. The molecular weight excluding hydrogens is 557 g/mol. The Balaban J connectivity index is 1.58. The quantitative estimate of drug-likeness (QED) is 0.145. The molecule has 2 aromatic heterocycles. The van der Waals surface area contributed by atoms with E-state index in [0.29, 0.717) is 15.6 Å². The predicted molar refractivity (Wildman–Crippen MR) is 138 cm³/mol. The van der Waals surface area contributed by atoms with Crippen LogP contribution in [0.1, 0.15) is 33.2 Å². The minimum atomic E-state index is -4.91. The van der Waals surface area contributed by atoms with Crippen molar-refractivity contribution >= 4 is 50.5 Å². The lowest BCUT2D eigenvalue weighted by Crippen LogP contribution is -2.17. The van der Waals surface area contributed by atoms with Gasteiger partial charge in [0.2, 0.25) is 0 Å². The van der Waals surface area contributed by atoms with Gasteiger partial charge in [-0.25, -0.2) is 9.78 Å². The zero-order valence-corrected chi connectivity index (χ0v) is 21.3. The van der Waals surface area contributed by atoms with E-state index < -0.39 is 34.6 Å². The highest BCUT2D eigenvalue weighted by atomic mass is 32.1. The number of nitrogens with two attached hydrogens (primary N) is 1. The van der Waals surface area contributed by atoms with Gasteiger partial charge in [0.1, 0.15) is 18.2 Å². The van der Waals surface area contributed by atoms with Gasteiger partial charge in [0.05, 0.1) is 21.8 Å². The lowest BCUT2D eigenvalue weighted by Gasteiger charge is -2.12. The number of esters is 1. The number of nitrogens with one attached hydrogen (secondary N) is 1. The molecule has 2 heterocycles. The van der Waals surface area contributed by atoms with E-state index in [2.05, 4.69) is 15.0 Å². The van der Waals surface area contributed by atoms with E-state index in [1.54, 1.807) is 12.3 Å². The maximum absolute atomic E-state index is 12.8. The highest BCUT2D eigenvalue weighted by Gasteiger charge is 2.31. The summed E-state index contributed by atoms with van der Waals surface area (Å²) in [6.45, 7) is 1.60. The number of carbonyl (C=O) groups excluding carboxylic acids is 2. The number of fused-ring (bicyclic) bond motifs is 1. The first-order chi connectivity index (χ1) is 19.0. The normalized spacial score (nSPS) is 11.2. The molecule has 1 amide bonds. The van der Waals surface area contributed by atoms with Crippen LogP contribution in [0.15, 0.2) is 54.0 Å². The van der Waals surface area contributed by atoms with Gasteiger partial charge >= 0.3 is 18.0 Å². The zero-order valence-electron chi connectivity index (χ0n) is 20.5. The minimum Gasteiger partial charge on any atom is -0.482 e. The van der Waals surface area contributed by atoms with Crippen molar-refractivity contribution in [2.45, 2.75) is 19.9 Å². The Labute approximate surface area is 227 Å². The van der Waals surface area contributed by atoms with Crippen molar-refractivity contribution in [1.82, 2.24) is 4.98 Å². The van der Waals surface area contributed by atoms with Crippen molar-refractivity contribution in [3.8, 4) is 11.5 Å². The highest BCUT2D eigenvalue weighted by molar-refractivity contribution is 7.17. The van der Waals surface area contributed by atoms with E-state index in [9.17, 15) is 32.9 Å². The Morgan fingerprint density at radius 1 is 1.20 bits per heavy atom. The molecule has 15 heteroatoms. The lowest BCUT2D eigenvalue weighted by atomic mass is 10.1. The number of nitrogens with zero attached hydrogens (tertiary/aromatic N) is 2. The Kier molecular flexibility index (Phi) is 8.04. The molecule has 0 aliphatic heterocycles. The van der Waals surface area contributed by atoms with Gasteiger partial charge in [0.25, 0.3) is 5.91 Å². The van der Waals surface area contributed by atoms with Crippen molar-refractivity contribution in [2.75, 3.05) is 17.7 Å². The first kappa shape index (κ1) is 28.1. The summed E-state index contributed by atoms with van der Waals surface area (Å²) < 4.78 is 52.6. The van der Waals surface area contributed by atoms with E-state index in [1.807, 2.05) is 0 Å². The van der Waals surface area contributed by atoms with Crippen LogP contribution < -0.4 is 20.5 Å². The number of thiophene rings is 1. The Morgan fingerprint density at radius 3 is 2.67 bits per heavy atom. The molecule has 2 aromatic carbocycles. The van der Waals surface area contributed by atoms with Crippen LogP contribution in [0.25, 0.3) is 10.1 Å². The van der Waals surface area contributed by atoms with Gasteiger partial charge in [-0.3, -0.25) is 14.9 Å². The van der Waals surface area contributed by atoms with Gasteiger partial charge in [-0.15, -0.1) is 24.5 Å². The van der Waals surface area contributed by atoms with Gasteiger partial charge in [0, 0.05) is 46.6 Å². The number of ether oxygens (including phenoxy) is 3. The SMILES string of the molecule is CCOC(=O)c1cnc(N)c2c(COc3cc(C(=O)Nc4cccc(OC(F)(F)F)c4)ccc3[N+](=O)[O-])csc12. The summed E-state index contributed by atoms with van der Waals surface area (Å²) in [6.07, 6.45) is -3.61. The van der Waals surface area contributed by atoms with E-state index >= 15 is 0 Å². The van der Waals surface area contributed by atoms with E-state index in [1.165, 1.54) is 35.7 Å². The number of aromatic nitrogens is 1. The molecule has 0 saturated heterocycles. The van der Waals surface area contributed by atoms with E-state index in [-0.39, 0.29) is 41.6 Å². The highest BCUT2D eigenvalue weighted by Crippen LogP contribution is 2.35. The van der Waals surface area contributed by atoms with Crippen LogP contribution in [0.2, 0.25) is 0 Å². The number of rotatable bonds is 9. The summed E-state index contributed by atoms with van der Waals surface area (Å²) in [5.41, 5.74) is 6.22. The van der Waals surface area contributed by atoms with Crippen LogP contribution in [-0.4, -0.2) is 34.8 Å². The zero-order chi connectivity index (χ0) is 29.0. The van der Waals surface area contributed by atoms with E-state index in [4.69, 9.17) is 15.2 Å². The summed E-state index contributed by atoms with van der Waals surface area (Å²) in [4.78, 5) is 40.0. The van der Waals surface area contributed by atoms with Crippen molar-refractivity contribution in [3.05, 3.63) is 80.8 Å². The second-order valence-electron chi connectivity index (χ2n) is 8.00. The molecule has 4 aromatic rings. The predicted octanol–water partition coefficient (Wildman–Crippen LogP) is 5.69. The number of benzene rings is 2. The molecular formula is C25H19F3N4O7S. The number of nitrogen functional groups attached to an aromatic ring is 1. The number of hydrogen-bond donors (Lipinski definition) is 2. The molecule has 40 heavy (non-hydrogen) atoms. The van der Waals surface area contributed by atoms with Crippen LogP contribution in [0.5, 0.6) is 11.5 Å². The smallest absolute Gasteiger partial charge is 0.482 e. The molecule has 0 saturated carbocycles. The molecule has 0 spiro atoms. The standard InChI is InChI=1S/C25H19F3N4O7S/c1-2-37-24(34)17-10-30-22(29)20-14(12-40-21(17)20)11-38-19-8-13(6-7-18(19)32(35)36)23(33)31-15-4-3-5-16(9-15)39-25(26,27)28/h3-10,12H,2,11H2,1H3,(H2,29,30)(H,31,33). The molecule has 0 aliphatic carbocycles. The minimum absolute atomic E-state index is 0.00214. The molecule has 0 unspecified atom stereocenters. The summed E-state index contributed by atoms with van der Waals surface area (Å²) in [6, 6.07) is 7.99. The van der Waals surface area contributed by atoms with Crippen LogP contribution in [0, 0.1) is 10.1 Å². The third-order valence-electron chi connectivity index (χ3n) is 5.32. The Morgan fingerprint density at radius 2 is 1.98 bits per heavy atom. The summed E-state index contributed by atoms with van der Waals surface area (Å²) in [5, 5.41) is 16.1. The number of hydrogen-bond acceptors (Lipinski definition) is 10. The molecule has 3 N–H and O–H groups in total. The maximum Gasteiger partial charge on any atom is 0.573 e. The molecule has 0 bridgehead atoms. The number of nitro benzene ring substituents is 1. The fourth-order valence-corrected chi connectivity index (χ4v) is 4.70. The number of carbonyl (C=O) groups is 2. The van der Waals surface area contributed by atoms with Gasteiger partial charge in [-0.2, -0.15) is 0 Å². The van der Waals surface area contributed by atoms with Crippen molar-refractivity contribution in [2.24, 2.45) is 0 Å².